The molecular weight excluding hydrogens is 223 g/mol. The minimum absolute atomic E-state index is 0.264. The number of rotatable bonds is 1. The summed E-state index contributed by atoms with van der Waals surface area (Å²) in [5.41, 5.74) is 1.36. The van der Waals surface area contributed by atoms with Crippen molar-refractivity contribution in [3.05, 3.63) is 11.6 Å². The molecule has 0 aliphatic rings. The van der Waals surface area contributed by atoms with Crippen molar-refractivity contribution in [3.63, 3.8) is 0 Å². The highest BCUT2D eigenvalue weighted by Gasteiger charge is 1.87. The highest BCUT2D eigenvalue weighted by molar-refractivity contribution is 9.09. The molecule has 0 amide bonds. The van der Waals surface area contributed by atoms with Crippen LogP contribution in [-0.4, -0.2) is 10.7 Å². The summed E-state index contributed by atoms with van der Waals surface area (Å²) in [4.78, 5) is 0. The monoisotopic (exact) mass is 226 g/mol. The van der Waals surface area contributed by atoms with E-state index in [9.17, 15) is 0 Å². The molecule has 0 nitrogen and oxygen atoms in total. The third-order valence-corrected chi connectivity index (χ3v) is 1.23. The molecule has 0 aromatic rings. The number of allylic oxidation sites excluding steroid dienone is 1. The topological polar surface area (TPSA) is 0 Å². The van der Waals surface area contributed by atoms with Gasteiger partial charge < -0.3 is 0 Å². The zero-order valence-electron chi connectivity index (χ0n) is 4.57. The molecule has 0 bridgehead atoms. The normalized spacial score (nSPS) is 12.8. The van der Waals surface area contributed by atoms with E-state index in [0.717, 1.165) is 0 Å². The molecule has 0 radical (unpaired) electrons. The van der Waals surface area contributed by atoms with Crippen molar-refractivity contribution >= 4 is 39.1 Å². The summed E-state index contributed by atoms with van der Waals surface area (Å²) in [7, 11) is 0. The quantitative estimate of drug-likeness (QED) is 0.478. The van der Waals surface area contributed by atoms with E-state index in [-0.39, 0.29) is 5.38 Å². The summed E-state index contributed by atoms with van der Waals surface area (Å²) >= 11 is 14.0. The van der Waals surface area contributed by atoms with Gasteiger partial charge in [-0.2, -0.15) is 0 Å². The summed E-state index contributed by atoms with van der Waals surface area (Å²) in [5, 5.41) is 0.381. The van der Waals surface area contributed by atoms with E-state index in [2.05, 4.69) is 27.8 Å². The summed E-state index contributed by atoms with van der Waals surface area (Å²) in [6, 6.07) is 0. The minimum Gasteiger partial charge on any atom is -0.104 e. The lowest BCUT2D eigenvalue weighted by Crippen LogP contribution is -1.84. The van der Waals surface area contributed by atoms with Gasteiger partial charge in [-0.05, 0) is 6.08 Å². The van der Waals surface area contributed by atoms with Gasteiger partial charge in [0.1, 0.15) is 5.38 Å². The van der Waals surface area contributed by atoms with Crippen LogP contribution in [0.3, 0.4) is 0 Å². The molecule has 0 aromatic carbocycles. The van der Waals surface area contributed by atoms with Crippen LogP contribution in [0.25, 0.3) is 0 Å². The smallest absolute Gasteiger partial charge is 0.104 e. The van der Waals surface area contributed by atoms with Crippen molar-refractivity contribution < 1.29 is 0 Å². The molecule has 0 rings (SSSR count). The minimum atomic E-state index is -0.264. The Labute approximate surface area is 73.3 Å². The SMILES string of the molecule is ClC=CC(Cl)C#CCBr. The molecule has 0 saturated heterocycles. The largest absolute Gasteiger partial charge is 0.113 e. The molecule has 50 valence electrons. The van der Waals surface area contributed by atoms with Crippen LogP contribution in [-0.2, 0) is 0 Å². The Balaban J connectivity index is 3.61. The Morgan fingerprint density at radius 3 is 2.78 bits per heavy atom. The van der Waals surface area contributed by atoms with Gasteiger partial charge in [0.05, 0.1) is 5.33 Å². The van der Waals surface area contributed by atoms with E-state index in [1.54, 1.807) is 6.08 Å². The molecule has 0 fully saturated rings. The van der Waals surface area contributed by atoms with Crippen LogP contribution >= 0.6 is 39.1 Å². The van der Waals surface area contributed by atoms with Crippen LogP contribution in [0.1, 0.15) is 0 Å². The van der Waals surface area contributed by atoms with Crippen molar-refractivity contribution in [2.75, 3.05) is 5.33 Å². The summed E-state index contributed by atoms with van der Waals surface area (Å²) in [5.74, 6) is 5.49. The number of alkyl halides is 2. The lowest BCUT2D eigenvalue weighted by Gasteiger charge is -1.85. The maximum atomic E-state index is 5.59. The highest BCUT2D eigenvalue weighted by Crippen LogP contribution is 1.96. The van der Waals surface area contributed by atoms with Gasteiger partial charge in [-0.15, -0.1) is 11.6 Å². The standard InChI is InChI=1S/C6H5BrCl2/c7-4-1-2-6(9)3-5-8/h3,5-6H,4H2. The number of hydrogen-bond acceptors (Lipinski definition) is 0. The molecule has 0 aromatic heterocycles. The Hall–Kier alpha value is 0.360. The van der Waals surface area contributed by atoms with E-state index in [1.165, 1.54) is 5.54 Å². The molecule has 0 saturated carbocycles. The van der Waals surface area contributed by atoms with Crippen LogP contribution in [0, 0.1) is 11.8 Å². The van der Waals surface area contributed by atoms with Crippen LogP contribution in [0.15, 0.2) is 11.6 Å². The van der Waals surface area contributed by atoms with Crippen LogP contribution in [0.4, 0.5) is 0 Å². The van der Waals surface area contributed by atoms with Gasteiger partial charge in [-0.1, -0.05) is 39.4 Å². The van der Waals surface area contributed by atoms with E-state index in [0.29, 0.717) is 5.33 Å². The predicted octanol–water partition coefficient (Wildman–Crippen LogP) is 2.74. The van der Waals surface area contributed by atoms with Crippen molar-refractivity contribution in [1.29, 1.82) is 0 Å². The Kier molecular flexibility index (Phi) is 6.74. The summed E-state index contributed by atoms with van der Waals surface area (Å²) < 4.78 is 0. The van der Waals surface area contributed by atoms with Crippen LogP contribution < -0.4 is 0 Å². The van der Waals surface area contributed by atoms with Gasteiger partial charge in [0.25, 0.3) is 0 Å². The number of halogens is 3. The van der Waals surface area contributed by atoms with Crippen molar-refractivity contribution in [1.82, 2.24) is 0 Å². The molecule has 0 N–H and O–H groups in total. The lowest BCUT2D eigenvalue weighted by molar-refractivity contribution is 1.48. The van der Waals surface area contributed by atoms with Gasteiger partial charge in [-0.3, -0.25) is 0 Å². The van der Waals surface area contributed by atoms with Gasteiger partial charge in [0.15, 0.2) is 0 Å². The summed E-state index contributed by atoms with van der Waals surface area (Å²) in [6.45, 7) is 0. The van der Waals surface area contributed by atoms with Crippen molar-refractivity contribution in [2.45, 2.75) is 5.38 Å². The highest BCUT2D eigenvalue weighted by atomic mass is 79.9. The number of hydrogen-bond donors (Lipinski definition) is 0. The first kappa shape index (κ1) is 9.36. The molecule has 0 aliphatic heterocycles. The second-order valence-electron chi connectivity index (χ2n) is 1.17. The molecule has 1 unspecified atom stereocenters. The fourth-order valence-electron chi connectivity index (χ4n) is 0.248. The second-order valence-corrected chi connectivity index (χ2v) is 2.46. The molecule has 1 atom stereocenters. The molecular formula is C6H5BrCl2. The molecule has 0 aliphatic carbocycles. The molecule has 0 heterocycles. The van der Waals surface area contributed by atoms with Gasteiger partial charge in [0.2, 0.25) is 0 Å². The Morgan fingerprint density at radius 1 is 1.67 bits per heavy atom. The second kappa shape index (κ2) is 6.48. The average molecular weight is 228 g/mol. The van der Waals surface area contributed by atoms with E-state index in [1.807, 2.05) is 0 Å². The van der Waals surface area contributed by atoms with Gasteiger partial charge in [0, 0.05) is 5.54 Å². The van der Waals surface area contributed by atoms with Crippen molar-refractivity contribution in [3.8, 4) is 11.8 Å². The maximum Gasteiger partial charge on any atom is 0.113 e. The van der Waals surface area contributed by atoms with E-state index in [4.69, 9.17) is 23.2 Å². The fourth-order valence-corrected chi connectivity index (χ4v) is 0.780. The first-order valence-corrected chi connectivity index (χ1v) is 4.26. The maximum absolute atomic E-state index is 5.59. The Morgan fingerprint density at radius 2 is 2.33 bits per heavy atom. The van der Waals surface area contributed by atoms with E-state index >= 15 is 0 Å². The third-order valence-electron chi connectivity index (χ3n) is 0.548. The molecule has 9 heavy (non-hydrogen) atoms. The zero-order chi connectivity index (χ0) is 7.11. The third kappa shape index (κ3) is 6.24. The van der Waals surface area contributed by atoms with Gasteiger partial charge in [-0.25, -0.2) is 0 Å². The predicted molar refractivity (Wildman–Crippen MR) is 46.2 cm³/mol. The zero-order valence-corrected chi connectivity index (χ0v) is 7.67. The average Bonchev–Trinajstić information content (AvgIpc) is 1.85. The fraction of sp³-hybridized carbons (Fsp3) is 0.333. The molecule has 3 heteroatoms. The van der Waals surface area contributed by atoms with Gasteiger partial charge >= 0.3 is 0 Å². The Bertz CT molecular complexity index is 143. The van der Waals surface area contributed by atoms with Crippen LogP contribution in [0.5, 0.6) is 0 Å². The van der Waals surface area contributed by atoms with Crippen molar-refractivity contribution in [2.24, 2.45) is 0 Å². The summed E-state index contributed by atoms with van der Waals surface area (Å²) in [6.07, 6.45) is 1.61. The van der Waals surface area contributed by atoms with Crippen LogP contribution in [0.2, 0.25) is 0 Å². The first-order valence-electron chi connectivity index (χ1n) is 2.26. The lowest BCUT2D eigenvalue weighted by atomic mass is 10.4. The first-order chi connectivity index (χ1) is 4.31. The molecule has 0 spiro atoms. The van der Waals surface area contributed by atoms with E-state index < -0.39 is 0 Å².